The fourth-order valence-corrected chi connectivity index (χ4v) is 1.99. The highest BCUT2D eigenvalue weighted by atomic mass is 16.5. The van der Waals surface area contributed by atoms with Crippen LogP contribution in [0.15, 0.2) is 12.3 Å². The van der Waals surface area contributed by atoms with Gasteiger partial charge in [0.2, 0.25) is 12.3 Å². The van der Waals surface area contributed by atoms with Crippen LogP contribution in [0.4, 0.5) is 0 Å². The molecule has 0 aromatic rings. The Morgan fingerprint density at radius 3 is 2.56 bits per heavy atom. The topological polar surface area (TPSA) is 78.9 Å². The number of carbonyl (C=O) groups excluding carboxylic acids is 2. The minimum atomic E-state index is -0.449. The molecule has 0 bridgehead atoms. The highest BCUT2D eigenvalue weighted by molar-refractivity contribution is 5.87. The molecule has 1 aliphatic heterocycles. The molecule has 1 heterocycles. The summed E-state index contributed by atoms with van der Waals surface area (Å²) in [7, 11) is 1.51. The Bertz CT molecular complexity index is 332. The van der Waals surface area contributed by atoms with E-state index in [4.69, 9.17) is 9.84 Å². The zero-order valence-corrected chi connectivity index (χ0v) is 10.9. The van der Waals surface area contributed by atoms with Gasteiger partial charge >= 0.3 is 0 Å². The molecule has 4 atom stereocenters. The van der Waals surface area contributed by atoms with Gasteiger partial charge in [0.05, 0.1) is 12.7 Å². The highest BCUT2D eigenvalue weighted by Gasteiger charge is 2.40. The summed E-state index contributed by atoms with van der Waals surface area (Å²) in [5.74, 6) is -0.0585. The lowest BCUT2D eigenvalue weighted by atomic mass is 9.93. The highest BCUT2D eigenvalue weighted by Crippen LogP contribution is 2.33. The Labute approximate surface area is 107 Å². The summed E-state index contributed by atoms with van der Waals surface area (Å²) in [5, 5.41) is 11.6. The third-order valence-electron chi connectivity index (χ3n) is 3.42. The van der Waals surface area contributed by atoms with Crippen LogP contribution in [0.5, 0.6) is 0 Å². The van der Waals surface area contributed by atoms with Crippen molar-refractivity contribution in [3.05, 3.63) is 12.3 Å². The molecule has 0 aromatic carbocycles. The molecule has 18 heavy (non-hydrogen) atoms. The first-order chi connectivity index (χ1) is 8.54. The SMILES string of the molecule is CNC(=O)/C=C\N(C=O)C1OC(CO)C(C)[C@@H]1C. The Kier molecular flexibility index (Phi) is 5.30. The molecule has 1 rings (SSSR count). The summed E-state index contributed by atoms with van der Waals surface area (Å²) in [6.07, 6.45) is 2.55. The minimum absolute atomic E-state index is 0.0755. The van der Waals surface area contributed by atoms with Crippen molar-refractivity contribution >= 4 is 12.3 Å². The second kappa shape index (κ2) is 6.51. The molecule has 1 saturated heterocycles. The molecule has 1 fully saturated rings. The lowest BCUT2D eigenvalue weighted by Gasteiger charge is -2.24. The van der Waals surface area contributed by atoms with Crippen LogP contribution < -0.4 is 5.32 Å². The molecule has 6 nitrogen and oxygen atoms in total. The van der Waals surface area contributed by atoms with Gasteiger partial charge in [-0.3, -0.25) is 14.5 Å². The summed E-state index contributed by atoms with van der Waals surface area (Å²) in [5.41, 5.74) is 0. The normalized spacial score (nSPS) is 31.6. The standard InChI is InChI=1S/C12H20N2O4/c1-8-9(2)12(18-10(8)6-15)14(7-16)5-4-11(17)13-3/h4-5,7-10,12,15H,6H2,1-3H3,(H,13,17)/b5-4-/t8?,9-,10?,12?/m0/s1. The number of aliphatic hydroxyl groups excluding tert-OH is 1. The third-order valence-corrected chi connectivity index (χ3v) is 3.42. The summed E-state index contributed by atoms with van der Waals surface area (Å²) < 4.78 is 5.62. The first kappa shape index (κ1) is 14.7. The van der Waals surface area contributed by atoms with Crippen LogP contribution in [-0.4, -0.2) is 48.3 Å². The number of rotatable bonds is 5. The van der Waals surface area contributed by atoms with Crippen molar-refractivity contribution in [3.8, 4) is 0 Å². The Morgan fingerprint density at radius 2 is 2.11 bits per heavy atom. The number of nitrogens with one attached hydrogen (secondary N) is 1. The van der Waals surface area contributed by atoms with E-state index < -0.39 is 6.23 Å². The molecular weight excluding hydrogens is 236 g/mol. The molecule has 0 aliphatic carbocycles. The molecule has 102 valence electrons. The average molecular weight is 256 g/mol. The van der Waals surface area contributed by atoms with E-state index in [0.29, 0.717) is 6.41 Å². The van der Waals surface area contributed by atoms with Gasteiger partial charge in [-0.2, -0.15) is 0 Å². The van der Waals surface area contributed by atoms with Crippen molar-refractivity contribution in [1.82, 2.24) is 10.2 Å². The quantitative estimate of drug-likeness (QED) is 0.522. The first-order valence-corrected chi connectivity index (χ1v) is 5.94. The van der Waals surface area contributed by atoms with Gasteiger partial charge in [-0.1, -0.05) is 13.8 Å². The Hall–Kier alpha value is -1.40. The van der Waals surface area contributed by atoms with Crippen molar-refractivity contribution in [3.63, 3.8) is 0 Å². The van der Waals surface area contributed by atoms with Gasteiger partial charge in [-0.25, -0.2) is 0 Å². The van der Waals surface area contributed by atoms with Crippen LogP contribution in [0, 0.1) is 11.8 Å². The van der Waals surface area contributed by atoms with E-state index in [1.807, 2.05) is 13.8 Å². The second-order valence-electron chi connectivity index (χ2n) is 4.45. The van der Waals surface area contributed by atoms with E-state index in [-0.39, 0.29) is 30.5 Å². The first-order valence-electron chi connectivity index (χ1n) is 5.94. The molecule has 2 N–H and O–H groups in total. The maximum absolute atomic E-state index is 11.1. The molecule has 0 aromatic heterocycles. The predicted molar refractivity (Wildman–Crippen MR) is 65.2 cm³/mol. The van der Waals surface area contributed by atoms with Crippen molar-refractivity contribution in [2.45, 2.75) is 26.2 Å². The maximum atomic E-state index is 11.1. The van der Waals surface area contributed by atoms with Gasteiger partial charge in [0.25, 0.3) is 0 Å². The second-order valence-corrected chi connectivity index (χ2v) is 4.45. The van der Waals surface area contributed by atoms with Gasteiger partial charge in [0, 0.05) is 25.2 Å². The fourth-order valence-electron chi connectivity index (χ4n) is 1.99. The number of hydrogen-bond donors (Lipinski definition) is 2. The number of carbonyl (C=O) groups is 2. The molecule has 0 radical (unpaired) electrons. The predicted octanol–water partition coefficient (Wildman–Crippen LogP) is -0.306. The lowest BCUT2D eigenvalue weighted by Crippen LogP contribution is -2.34. The van der Waals surface area contributed by atoms with Crippen LogP contribution in [-0.2, 0) is 14.3 Å². The van der Waals surface area contributed by atoms with E-state index in [9.17, 15) is 9.59 Å². The zero-order chi connectivity index (χ0) is 13.7. The van der Waals surface area contributed by atoms with Crippen molar-refractivity contribution in [2.24, 2.45) is 11.8 Å². The van der Waals surface area contributed by atoms with Crippen LogP contribution in [0.25, 0.3) is 0 Å². The summed E-state index contributed by atoms with van der Waals surface area (Å²) in [6.45, 7) is 3.85. The van der Waals surface area contributed by atoms with Gasteiger partial charge in [-0.15, -0.1) is 0 Å². The fraction of sp³-hybridized carbons (Fsp3) is 0.667. The number of amides is 2. The molecule has 3 unspecified atom stereocenters. The molecule has 0 saturated carbocycles. The molecule has 1 aliphatic rings. The summed E-state index contributed by atoms with van der Waals surface area (Å²) >= 11 is 0. The maximum Gasteiger partial charge on any atom is 0.245 e. The van der Waals surface area contributed by atoms with Gasteiger partial charge in [0.15, 0.2) is 0 Å². The van der Waals surface area contributed by atoms with E-state index in [0.717, 1.165) is 0 Å². The van der Waals surface area contributed by atoms with Gasteiger partial charge in [0.1, 0.15) is 6.23 Å². The van der Waals surface area contributed by atoms with E-state index in [1.165, 1.54) is 24.2 Å². The summed E-state index contributed by atoms with van der Waals surface area (Å²) in [4.78, 5) is 23.4. The van der Waals surface area contributed by atoms with Crippen molar-refractivity contribution in [1.29, 1.82) is 0 Å². The largest absolute Gasteiger partial charge is 0.394 e. The van der Waals surface area contributed by atoms with Gasteiger partial charge < -0.3 is 15.2 Å². The third kappa shape index (κ3) is 3.08. The van der Waals surface area contributed by atoms with E-state index >= 15 is 0 Å². The molecule has 0 spiro atoms. The lowest BCUT2D eigenvalue weighted by molar-refractivity contribution is -0.129. The van der Waals surface area contributed by atoms with Crippen LogP contribution in [0.1, 0.15) is 13.8 Å². The van der Waals surface area contributed by atoms with Crippen LogP contribution in [0.2, 0.25) is 0 Å². The van der Waals surface area contributed by atoms with Crippen LogP contribution >= 0.6 is 0 Å². The minimum Gasteiger partial charge on any atom is -0.394 e. The number of nitrogens with zero attached hydrogens (tertiary/aromatic N) is 1. The molecular formula is C12H20N2O4. The smallest absolute Gasteiger partial charge is 0.245 e. The Morgan fingerprint density at radius 1 is 1.44 bits per heavy atom. The van der Waals surface area contributed by atoms with Gasteiger partial charge in [-0.05, 0) is 5.92 Å². The van der Waals surface area contributed by atoms with E-state index in [2.05, 4.69) is 5.32 Å². The zero-order valence-electron chi connectivity index (χ0n) is 10.9. The molecule has 2 amide bonds. The summed E-state index contributed by atoms with van der Waals surface area (Å²) in [6, 6.07) is 0. The van der Waals surface area contributed by atoms with E-state index in [1.54, 1.807) is 0 Å². The van der Waals surface area contributed by atoms with Crippen LogP contribution in [0.3, 0.4) is 0 Å². The average Bonchev–Trinajstić information content (AvgIpc) is 2.67. The van der Waals surface area contributed by atoms with Crippen molar-refractivity contribution < 1.29 is 19.4 Å². The number of hydrogen-bond acceptors (Lipinski definition) is 4. The molecule has 6 heteroatoms. The van der Waals surface area contributed by atoms with Crippen molar-refractivity contribution in [2.75, 3.05) is 13.7 Å². The number of aliphatic hydroxyl groups is 1. The number of likely N-dealkylation sites (N-methyl/N-ethyl adjacent to an activating group) is 1. The Balaban J connectivity index is 2.74. The monoisotopic (exact) mass is 256 g/mol. The number of ether oxygens (including phenoxy) is 1.